The molecule has 3 nitrogen and oxygen atoms in total. The van der Waals surface area contributed by atoms with Crippen molar-refractivity contribution in [3.8, 4) is 0 Å². The summed E-state index contributed by atoms with van der Waals surface area (Å²) in [7, 11) is 5.93. The molecular weight excluding hydrogens is 176 g/mol. The van der Waals surface area contributed by atoms with Gasteiger partial charge in [-0.25, -0.2) is 0 Å². The van der Waals surface area contributed by atoms with Crippen LogP contribution in [0.1, 0.15) is 26.7 Å². The van der Waals surface area contributed by atoms with Gasteiger partial charge >= 0.3 is 0 Å². The van der Waals surface area contributed by atoms with Gasteiger partial charge in [0.2, 0.25) is 0 Å². The highest BCUT2D eigenvalue weighted by atomic mass is 16.5. The summed E-state index contributed by atoms with van der Waals surface area (Å²) in [4.78, 5) is 2.42. The van der Waals surface area contributed by atoms with E-state index in [1.54, 1.807) is 7.11 Å². The Morgan fingerprint density at radius 1 is 1.29 bits per heavy atom. The Hall–Kier alpha value is -0.120. The van der Waals surface area contributed by atoms with E-state index >= 15 is 0 Å². The number of hydrogen-bond acceptors (Lipinski definition) is 3. The van der Waals surface area contributed by atoms with E-state index in [-0.39, 0.29) is 0 Å². The van der Waals surface area contributed by atoms with E-state index in [1.165, 1.54) is 12.8 Å². The average Bonchev–Trinajstić information content (AvgIpc) is 2.19. The predicted octanol–water partition coefficient (Wildman–Crippen LogP) is 1.34. The van der Waals surface area contributed by atoms with Gasteiger partial charge in [-0.15, -0.1) is 0 Å². The second kappa shape index (κ2) is 8.21. The van der Waals surface area contributed by atoms with Gasteiger partial charge in [0.25, 0.3) is 0 Å². The van der Waals surface area contributed by atoms with Crippen LogP contribution in [0.15, 0.2) is 0 Å². The smallest absolute Gasteiger partial charge is 0.0628 e. The summed E-state index contributed by atoms with van der Waals surface area (Å²) in [5.41, 5.74) is 0. The summed E-state index contributed by atoms with van der Waals surface area (Å²) in [6.07, 6.45) is 2.44. The minimum atomic E-state index is 0.436. The zero-order valence-electron chi connectivity index (χ0n) is 10.3. The molecule has 0 aliphatic carbocycles. The molecule has 0 heterocycles. The summed E-state index contributed by atoms with van der Waals surface area (Å²) in [6.45, 7) is 6.32. The van der Waals surface area contributed by atoms with Gasteiger partial charge in [-0.05, 0) is 26.9 Å². The van der Waals surface area contributed by atoms with Crippen LogP contribution in [-0.2, 0) is 4.74 Å². The molecular formula is C11H26N2O. The van der Waals surface area contributed by atoms with Crippen molar-refractivity contribution < 1.29 is 4.74 Å². The van der Waals surface area contributed by atoms with Crippen molar-refractivity contribution in [3.05, 3.63) is 0 Å². The lowest BCUT2D eigenvalue weighted by molar-refractivity contribution is 0.132. The first-order chi connectivity index (χ1) is 6.69. The second-order valence-electron chi connectivity index (χ2n) is 3.85. The standard InChI is InChI=1S/C11H26N2O/c1-6-11(7-2)13(4)8-10(12-3)9-14-5/h10-12H,6-9H2,1-5H3. The zero-order valence-corrected chi connectivity index (χ0v) is 10.3. The minimum Gasteiger partial charge on any atom is -0.383 e. The van der Waals surface area contributed by atoms with E-state index in [0.29, 0.717) is 12.1 Å². The van der Waals surface area contributed by atoms with Crippen molar-refractivity contribution in [1.82, 2.24) is 10.2 Å². The monoisotopic (exact) mass is 202 g/mol. The highest BCUT2D eigenvalue weighted by Gasteiger charge is 2.14. The molecule has 1 atom stereocenters. The van der Waals surface area contributed by atoms with Crippen molar-refractivity contribution in [2.45, 2.75) is 38.8 Å². The summed E-state index contributed by atoms with van der Waals surface area (Å²) in [5, 5.41) is 3.27. The van der Waals surface area contributed by atoms with Gasteiger partial charge in [-0.2, -0.15) is 0 Å². The molecule has 0 aliphatic heterocycles. The molecule has 0 aliphatic rings. The SMILES string of the molecule is CCC(CC)N(C)CC(COC)NC. The van der Waals surface area contributed by atoms with Crippen LogP contribution in [0.5, 0.6) is 0 Å². The Morgan fingerprint density at radius 2 is 1.86 bits per heavy atom. The number of likely N-dealkylation sites (N-methyl/N-ethyl adjacent to an activating group) is 2. The second-order valence-corrected chi connectivity index (χ2v) is 3.85. The molecule has 0 spiro atoms. The number of ether oxygens (including phenoxy) is 1. The summed E-state index contributed by atoms with van der Waals surface area (Å²) < 4.78 is 5.15. The number of nitrogens with zero attached hydrogens (tertiary/aromatic N) is 1. The van der Waals surface area contributed by atoms with E-state index in [0.717, 1.165) is 13.2 Å². The fourth-order valence-corrected chi connectivity index (χ4v) is 1.84. The highest BCUT2D eigenvalue weighted by Crippen LogP contribution is 2.06. The minimum absolute atomic E-state index is 0.436. The average molecular weight is 202 g/mol. The van der Waals surface area contributed by atoms with Gasteiger partial charge in [-0.1, -0.05) is 13.8 Å². The third kappa shape index (κ3) is 4.94. The van der Waals surface area contributed by atoms with Crippen molar-refractivity contribution in [2.75, 3.05) is 34.4 Å². The molecule has 14 heavy (non-hydrogen) atoms. The molecule has 0 amide bonds. The van der Waals surface area contributed by atoms with Crippen LogP contribution >= 0.6 is 0 Å². The third-order valence-electron chi connectivity index (χ3n) is 2.85. The van der Waals surface area contributed by atoms with Gasteiger partial charge in [0.1, 0.15) is 0 Å². The predicted molar refractivity (Wildman–Crippen MR) is 61.7 cm³/mol. The van der Waals surface area contributed by atoms with Gasteiger partial charge in [0.15, 0.2) is 0 Å². The van der Waals surface area contributed by atoms with Crippen LogP contribution in [0.25, 0.3) is 0 Å². The van der Waals surface area contributed by atoms with E-state index in [4.69, 9.17) is 4.74 Å². The summed E-state index contributed by atoms with van der Waals surface area (Å²) in [6, 6.07) is 1.13. The molecule has 1 N–H and O–H groups in total. The van der Waals surface area contributed by atoms with E-state index in [2.05, 4.69) is 31.1 Å². The molecule has 0 rings (SSSR count). The van der Waals surface area contributed by atoms with Crippen LogP contribution in [0.4, 0.5) is 0 Å². The Balaban J connectivity index is 3.92. The van der Waals surface area contributed by atoms with Crippen LogP contribution in [0.2, 0.25) is 0 Å². The number of nitrogens with one attached hydrogen (secondary N) is 1. The molecule has 0 aromatic rings. The molecule has 0 fully saturated rings. The molecule has 0 radical (unpaired) electrons. The maximum Gasteiger partial charge on any atom is 0.0628 e. The van der Waals surface area contributed by atoms with Crippen molar-refractivity contribution in [2.24, 2.45) is 0 Å². The van der Waals surface area contributed by atoms with Gasteiger partial charge in [-0.3, -0.25) is 0 Å². The lowest BCUT2D eigenvalue weighted by Crippen LogP contribution is -2.44. The zero-order chi connectivity index (χ0) is 11.0. The highest BCUT2D eigenvalue weighted by molar-refractivity contribution is 4.72. The molecule has 0 aromatic carbocycles. The molecule has 0 saturated heterocycles. The third-order valence-corrected chi connectivity index (χ3v) is 2.85. The van der Waals surface area contributed by atoms with Crippen LogP contribution in [-0.4, -0.2) is 51.3 Å². The largest absolute Gasteiger partial charge is 0.383 e. The van der Waals surface area contributed by atoms with Gasteiger partial charge in [0.05, 0.1) is 6.61 Å². The normalized spacial score (nSPS) is 13.9. The number of hydrogen-bond donors (Lipinski definition) is 1. The molecule has 0 saturated carbocycles. The fraction of sp³-hybridized carbons (Fsp3) is 1.00. The van der Waals surface area contributed by atoms with Crippen LogP contribution < -0.4 is 5.32 Å². The first-order valence-electron chi connectivity index (χ1n) is 5.55. The van der Waals surface area contributed by atoms with Crippen LogP contribution in [0.3, 0.4) is 0 Å². The van der Waals surface area contributed by atoms with Gasteiger partial charge < -0.3 is 15.0 Å². The van der Waals surface area contributed by atoms with Gasteiger partial charge in [0, 0.05) is 25.7 Å². The van der Waals surface area contributed by atoms with Crippen molar-refractivity contribution in [1.29, 1.82) is 0 Å². The molecule has 86 valence electrons. The maximum atomic E-state index is 5.15. The van der Waals surface area contributed by atoms with E-state index in [9.17, 15) is 0 Å². The topological polar surface area (TPSA) is 24.5 Å². The first kappa shape index (κ1) is 13.9. The Kier molecular flexibility index (Phi) is 8.14. The summed E-state index contributed by atoms with van der Waals surface area (Å²) >= 11 is 0. The Morgan fingerprint density at radius 3 is 2.21 bits per heavy atom. The van der Waals surface area contributed by atoms with Crippen molar-refractivity contribution >= 4 is 0 Å². The lowest BCUT2D eigenvalue weighted by Gasteiger charge is -2.29. The van der Waals surface area contributed by atoms with E-state index < -0.39 is 0 Å². The maximum absolute atomic E-state index is 5.15. The van der Waals surface area contributed by atoms with Crippen molar-refractivity contribution in [3.63, 3.8) is 0 Å². The molecule has 3 heteroatoms. The lowest BCUT2D eigenvalue weighted by atomic mass is 10.1. The Labute approximate surface area is 88.8 Å². The fourth-order valence-electron chi connectivity index (χ4n) is 1.84. The quantitative estimate of drug-likeness (QED) is 0.643. The van der Waals surface area contributed by atoms with Crippen LogP contribution in [0, 0.1) is 0 Å². The first-order valence-corrected chi connectivity index (χ1v) is 5.55. The molecule has 0 bridgehead atoms. The molecule has 1 unspecified atom stereocenters. The Bertz CT molecular complexity index is 126. The molecule has 0 aromatic heterocycles. The number of rotatable bonds is 8. The van der Waals surface area contributed by atoms with E-state index in [1.807, 2.05) is 7.05 Å². The summed E-state index contributed by atoms with van der Waals surface area (Å²) in [5.74, 6) is 0. The number of methoxy groups -OCH3 is 1.